The molecule has 0 saturated carbocycles. The van der Waals surface area contributed by atoms with Crippen LogP contribution in [0.25, 0.3) is 0 Å². The van der Waals surface area contributed by atoms with Crippen LogP contribution in [0.2, 0.25) is 0 Å². The number of fused-ring (bicyclic) bond motifs is 1. The van der Waals surface area contributed by atoms with E-state index in [0.717, 1.165) is 35.4 Å². The molecule has 0 radical (unpaired) electrons. The van der Waals surface area contributed by atoms with Gasteiger partial charge in [-0.25, -0.2) is 0 Å². The lowest BCUT2D eigenvalue weighted by Gasteiger charge is -2.09. The zero-order chi connectivity index (χ0) is 11.4. The third kappa shape index (κ3) is 2.02. The Kier molecular flexibility index (Phi) is 3.41. The van der Waals surface area contributed by atoms with Crippen molar-refractivity contribution in [3.05, 3.63) is 29.3 Å². The van der Waals surface area contributed by atoms with Gasteiger partial charge in [0.1, 0.15) is 12.4 Å². The number of hydrogen-bond acceptors (Lipinski definition) is 4. The molecule has 0 aliphatic heterocycles. The first-order valence-electron chi connectivity index (χ1n) is 5.31. The summed E-state index contributed by atoms with van der Waals surface area (Å²) in [7, 11) is 1.65. The molecule has 1 aromatic rings. The Balaban J connectivity index is 2.19. The maximum absolute atomic E-state index is 8.84. The maximum atomic E-state index is 8.84. The lowest BCUT2D eigenvalue weighted by atomic mass is 10.1. The molecule has 86 valence electrons. The SMILES string of the molecule is COCCOc1cccc2c1CC/C2=N\O. The fraction of sp³-hybridized carbons (Fsp3) is 0.417. The molecule has 0 aromatic heterocycles. The zero-order valence-electron chi connectivity index (χ0n) is 9.27. The normalized spacial score (nSPS) is 16.4. The number of ether oxygens (including phenoxy) is 2. The highest BCUT2D eigenvalue weighted by Crippen LogP contribution is 2.30. The predicted octanol–water partition coefficient (Wildman–Crippen LogP) is 1.84. The number of rotatable bonds is 4. The summed E-state index contributed by atoms with van der Waals surface area (Å²) in [6, 6.07) is 5.81. The Morgan fingerprint density at radius 1 is 1.31 bits per heavy atom. The molecule has 1 aliphatic rings. The summed E-state index contributed by atoms with van der Waals surface area (Å²) in [6.07, 6.45) is 1.65. The molecular formula is C12H15NO3. The molecule has 4 nitrogen and oxygen atoms in total. The first-order valence-corrected chi connectivity index (χ1v) is 5.31. The second-order valence-electron chi connectivity index (χ2n) is 3.67. The van der Waals surface area contributed by atoms with Gasteiger partial charge in [0.05, 0.1) is 12.3 Å². The van der Waals surface area contributed by atoms with E-state index in [9.17, 15) is 0 Å². The number of nitrogens with zero attached hydrogens (tertiary/aromatic N) is 1. The lowest BCUT2D eigenvalue weighted by molar-refractivity contribution is 0.146. The highest BCUT2D eigenvalue weighted by molar-refractivity contribution is 6.04. The van der Waals surface area contributed by atoms with Gasteiger partial charge in [-0.3, -0.25) is 0 Å². The van der Waals surface area contributed by atoms with E-state index in [1.54, 1.807) is 7.11 Å². The molecule has 0 saturated heterocycles. The van der Waals surface area contributed by atoms with E-state index < -0.39 is 0 Å². The van der Waals surface area contributed by atoms with Gasteiger partial charge in [-0.1, -0.05) is 17.3 Å². The largest absolute Gasteiger partial charge is 0.491 e. The van der Waals surface area contributed by atoms with Gasteiger partial charge in [0.2, 0.25) is 0 Å². The number of hydrogen-bond donors (Lipinski definition) is 1. The summed E-state index contributed by atoms with van der Waals surface area (Å²) in [5, 5.41) is 12.1. The van der Waals surface area contributed by atoms with Gasteiger partial charge in [-0.05, 0) is 18.9 Å². The molecule has 1 aromatic carbocycles. The van der Waals surface area contributed by atoms with Crippen LogP contribution in [0, 0.1) is 0 Å². The second kappa shape index (κ2) is 4.99. The quantitative estimate of drug-likeness (QED) is 0.479. The molecular weight excluding hydrogens is 206 g/mol. The van der Waals surface area contributed by atoms with Crippen molar-refractivity contribution in [1.29, 1.82) is 0 Å². The van der Waals surface area contributed by atoms with Gasteiger partial charge in [-0.15, -0.1) is 0 Å². The second-order valence-corrected chi connectivity index (χ2v) is 3.67. The van der Waals surface area contributed by atoms with Crippen molar-refractivity contribution in [2.24, 2.45) is 5.16 Å². The Labute approximate surface area is 94.5 Å². The Morgan fingerprint density at radius 2 is 2.19 bits per heavy atom. The van der Waals surface area contributed by atoms with Crippen LogP contribution in [0.1, 0.15) is 17.5 Å². The Morgan fingerprint density at radius 3 is 2.94 bits per heavy atom. The zero-order valence-corrected chi connectivity index (χ0v) is 9.27. The molecule has 16 heavy (non-hydrogen) atoms. The molecule has 0 atom stereocenters. The van der Waals surface area contributed by atoms with E-state index in [2.05, 4.69) is 5.16 Å². The standard InChI is InChI=1S/C12H15NO3/c1-15-7-8-16-12-4-2-3-9-10(12)5-6-11(9)13-14/h2-4,14H,5-8H2,1H3/b13-11+. The minimum absolute atomic E-state index is 0.540. The fourth-order valence-electron chi connectivity index (χ4n) is 1.95. The molecule has 1 aliphatic carbocycles. The monoisotopic (exact) mass is 221 g/mol. The smallest absolute Gasteiger partial charge is 0.123 e. The van der Waals surface area contributed by atoms with Crippen molar-refractivity contribution >= 4 is 5.71 Å². The third-order valence-corrected chi connectivity index (χ3v) is 2.72. The molecule has 0 spiro atoms. The lowest BCUT2D eigenvalue weighted by Crippen LogP contribution is -2.06. The van der Waals surface area contributed by atoms with Crippen molar-refractivity contribution in [3.8, 4) is 5.75 Å². The van der Waals surface area contributed by atoms with Crippen LogP contribution < -0.4 is 4.74 Å². The summed E-state index contributed by atoms with van der Waals surface area (Å²) >= 11 is 0. The van der Waals surface area contributed by atoms with Crippen LogP contribution in [0.3, 0.4) is 0 Å². The van der Waals surface area contributed by atoms with E-state index in [1.807, 2.05) is 18.2 Å². The highest BCUT2D eigenvalue weighted by Gasteiger charge is 2.21. The van der Waals surface area contributed by atoms with Crippen LogP contribution in [-0.2, 0) is 11.2 Å². The number of oxime groups is 1. The first-order chi connectivity index (χ1) is 7.86. The summed E-state index contributed by atoms with van der Waals surface area (Å²) in [4.78, 5) is 0. The average molecular weight is 221 g/mol. The van der Waals surface area contributed by atoms with E-state index in [4.69, 9.17) is 14.7 Å². The van der Waals surface area contributed by atoms with Gasteiger partial charge in [0.25, 0.3) is 0 Å². The van der Waals surface area contributed by atoms with Crippen molar-refractivity contribution in [3.63, 3.8) is 0 Å². The molecule has 0 heterocycles. The molecule has 4 heteroatoms. The maximum Gasteiger partial charge on any atom is 0.123 e. The van der Waals surface area contributed by atoms with Crippen LogP contribution in [-0.4, -0.2) is 31.2 Å². The predicted molar refractivity (Wildman–Crippen MR) is 60.5 cm³/mol. The van der Waals surface area contributed by atoms with Crippen molar-refractivity contribution in [2.45, 2.75) is 12.8 Å². The summed E-state index contributed by atoms with van der Waals surface area (Å²) in [5.41, 5.74) is 2.87. The molecule has 2 rings (SSSR count). The summed E-state index contributed by atoms with van der Waals surface area (Å²) < 4.78 is 10.6. The van der Waals surface area contributed by atoms with Crippen LogP contribution in [0.5, 0.6) is 5.75 Å². The van der Waals surface area contributed by atoms with E-state index >= 15 is 0 Å². The summed E-state index contributed by atoms with van der Waals surface area (Å²) in [6.45, 7) is 1.11. The van der Waals surface area contributed by atoms with Gasteiger partial charge < -0.3 is 14.7 Å². The van der Waals surface area contributed by atoms with E-state index in [0.29, 0.717) is 13.2 Å². The molecule has 0 bridgehead atoms. The van der Waals surface area contributed by atoms with Crippen LogP contribution >= 0.6 is 0 Å². The molecule has 0 amide bonds. The number of benzene rings is 1. The van der Waals surface area contributed by atoms with Gasteiger partial charge in [0.15, 0.2) is 0 Å². The first kappa shape index (κ1) is 11.0. The molecule has 1 N–H and O–H groups in total. The third-order valence-electron chi connectivity index (χ3n) is 2.72. The van der Waals surface area contributed by atoms with E-state index in [1.165, 1.54) is 0 Å². The van der Waals surface area contributed by atoms with Gasteiger partial charge in [-0.2, -0.15) is 0 Å². The Hall–Kier alpha value is -1.55. The highest BCUT2D eigenvalue weighted by atomic mass is 16.5. The number of methoxy groups -OCH3 is 1. The summed E-state index contributed by atoms with van der Waals surface area (Å²) in [5.74, 6) is 0.869. The minimum atomic E-state index is 0.540. The minimum Gasteiger partial charge on any atom is -0.491 e. The van der Waals surface area contributed by atoms with E-state index in [-0.39, 0.29) is 0 Å². The molecule has 0 unspecified atom stereocenters. The average Bonchev–Trinajstić information content (AvgIpc) is 2.73. The van der Waals surface area contributed by atoms with Crippen LogP contribution in [0.15, 0.2) is 23.4 Å². The van der Waals surface area contributed by atoms with Crippen molar-refractivity contribution < 1.29 is 14.7 Å². The molecule has 0 fully saturated rings. The topological polar surface area (TPSA) is 51.0 Å². The Bertz CT molecular complexity index is 401. The van der Waals surface area contributed by atoms with Crippen LogP contribution in [0.4, 0.5) is 0 Å². The fourth-order valence-corrected chi connectivity index (χ4v) is 1.95. The van der Waals surface area contributed by atoms with Crippen molar-refractivity contribution in [2.75, 3.05) is 20.3 Å². The van der Waals surface area contributed by atoms with Gasteiger partial charge in [0, 0.05) is 18.2 Å². The van der Waals surface area contributed by atoms with Crippen molar-refractivity contribution in [1.82, 2.24) is 0 Å². The van der Waals surface area contributed by atoms with Gasteiger partial charge >= 0.3 is 0 Å².